The molecule has 1 fully saturated rings. The molecular formula is C21H22FN3. The second-order valence-corrected chi connectivity index (χ2v) is 6.66. The minimum absolute atomic E-state index is 0.175. The topological polar surface area (TPSA) is 37.0 Å². The smallest absolute Gasteiger partial charge is 0.123 e. The van der Waals surface area contributed by atoms with Gasteiger partial charge in [-0.15, -0.1) is 0 Å². The van der Waals surface area contributed by atoms with Gasteiger partial charge in [-0.3, -0.25) is 4.98 Å². The monoisotopic (exact) mass is 335 g/mol. The van der Waals surface area contributed by atoms with Crippen LogP contribution in [0.4, 0.5) is 4.39 Å². The predicted molar refractivity (Wildman–Crippen MR) is 99.2 cm³/mol. The first-order chi connectivity index (χ1) is 12.3. The third kappa shape index (κ3) is 3.70. The van der Waals surface area contributed by atoms with E-state index in [9.17, 15) is 4.39 Å². The molecule has 0 radical (unpaired) electrons. The Kier molecular flexibility index (Phi) is 4.72. The number of nitrogens with zero attached hydrogens (tertiary/aromatic N) is 1. The van der Waals surface area contributed by atoms with Crippen molar-refractivity contribution < 1.29 is 4.39 Å². The Morgan fingerprint density at radius 3 is 2.88 bits per heavy atom. The maximum Gasteiger partial charge on any atom is 0.123 e. The van der Waals surface area contributed by atoms with Gasteiger partial charge in [0.1, 0.15) is 5.82 Å². The van der Waals surface area contributed by atoms with Crippen LogP contribution < -0.4 is 10.6 Å². The zero-order valence-electron chi connectivity index (χ0n) is 14.1. The number of fused-ring (bicyclic) bond motifs is 1. The zero-order chi connectivity index (χ0) is 17.1. The molecule has 2 heterocycles. The summed E-state index contributed by atoms with van der Waals surface area (Å²) in [4.78, 5) is 4.46. The molecule has 0 spiro atoms. The molecule has 2 unspecified atom stereocenters. The average Bonchev–Trinajstić information content (AvgIpc) is 2.66. The van der Waals surface area contributed by atoms with Crippen LogP contribution in [0.2, 0.25) is 0 Å². The molecule has 4 rings (SSSR count). The van der Waals surface area contributed by atoms with E-state index in [1.165, 1.54) is 11.6 Å². The largest absolute Gasteiger partial charge is 0.314 e. The second kappa shape index (κ2) is 7.30. The van der Waals surface area contributed by atoms with Gasteiger partial charge in [0.05, 0.1) is 5.52 Å². The molecule has 128 valence electrons. The maximum absolute atomic E-state index is 13.8. The van der Waals surface area contributed by atoms with Crippen LogP contribution in [0.5, 0.6) is 0 Å². The summed E-state index contributed by atoms with van der Waals surface area (Å²) in [5.41, 5.74) is 3.28. The second-order valence-electron chi connectivity index (χ2n) is 6.66. The van der Waals surface area contributed by atoms with Crippen molar-refractivity contribution in [2.45, 2.75) is 18.4 Å². The van der Waals surface area contributed by atoms with Crippen molar-refractivity contribution in [3.63, 3.8) is 0 Å². The molecule has 0 bridgehead atoms. The van der Waals surface area contributed by atoms with Gasteiger partial charge in [0, 0.05) is 43.2 Å². The molecule has 3 aromatic rings. The number of aromatic nitrogens is 1. The van der Waals surface area contributed by atoms with Gasteiger partial charge in [-0.1, -0.05) is 30.3 Å². The lowest BCUT2D eigenvalue weighted by Gasteiger charge is -2.32. The number of hydrogen-bond donors (Lipinski definition) is 2. The number of hydrogen-bond acceptors (Lipinski definition) is 3. The molecular weight excluding hydrogens is 313 g/mol. The quantitative estimate of drug-likeness (QED) is 0.768. The van der Waals surface area contributed by atoms with Crippen molar-refractivity contribution >= 4 is 10.9 Å². The van der Waals surface area contributed by atoms with E-state index in [-0.39, 0.29) is 17.8 Å². The first-order valence-corrected chi connectivity index (χ1v) is 8.83. The summed E-state index contributed by atoms with van der Waals surface area (Å²) in [6.07, 6.45) is 2.68. The van der Waals surface area contributed by atoms with Gasteiger partial charge < -0.3 is 10.6 Å². The lowest BCUT2D eigenvalue weighted by Crippen LogP contribution is -2.51. The van der Waals surface area contributed by atoms with Crippen LogP contribution in [0.25, 0.3) is 10.9 Å². The van der Waals surface area contributed by atoms with Gasteiger partial charge in [-0.05, 0) is 41.8 Å². The molecule has 0 aliphatic carbocycles. The van der Waals surface area contributed by atoms with Gasteiger partial charge in [0.2, 0.25) is 0 Å². The summed E-state index contributed by atoms with van der Waals surface area (Å²) in [7, 11) is 0. The fraction of sp³-hybridized carbons (Fsp3) is 0.286. The molecule has 3 nitrogen and oxygen atoms in total. The maximum atomic E-state index is 13.8. The van der Waals surface area contributed by atoms with E-state index in [1.54, 1.807) is 12.1 Å². The molecule has 0 saturated carbocycles. The van der Waals surface area contributed by atoms with Crippen LogP contribution >= 0.6 is 0 Å². The van der Waals surface area contributed by atoms with Gasteiger partial charge in [0.25, 0.3) is 0 Å². The average molecular weight is 335 g/mol. The van der Waals surface area contributed by atoms with Gasteiger partial charge in [-0.2, -0.15) is 0 Å². The van der Waals surface area contributed by atoms with Crippen LogP contribution in [0.1, 0.15) is 17.0 Å². The molecule has 1 aliphatic rings. The number of piperazine rings is 1. The molecule has 1 aromatic heterocycles. The number of nitrogens with one attached hydrogen (secondary N) is 2. The lowest BCUT2D eigenvalue weighted by atomic mass is 9.85. The van der Waals surface area contributed by atoms with E-state index in [1.807, 2.05) is 18.3 Å². The minimum Gasteiger partial charge on any atom is -0.314 e. The lowest BCUT2D eigenvalue weighted by molar-refractivity contribution is 0.363. The van der Waals surface area contributed by atoms with Crippen molar-refractivity contribution in [1.29, 1.82) is 0 Å². The number of benzene rings is 2. The van der Waals surface area contributed by atoms with Crippen molar-refractivity contribution in [1.82, 2.24) is 15.6 Å². The highest BCUT2D eigenvalue weighted by Gasteiger charge is 2.25. The third-order valence-electron chi connectivity index (χ3n) is 4.96. The standard InChI is InChI=1S/C21H22FN3/c22-18-5-1-3-17(13-18)19(21-14-23-9-10-25-21)11-15-6-7-16-4-2-8-24-20(16)12-15/h1-8,12-13,19,21,23,25H,9-11,14H2. The first kappa shape index (κ1) is 16.2. The van der Waals surface area contributed by atoms with Crippen LogP contribution in [-0.4, -0.2) is 30.7 Å². The zero-order valence-corrected chi connectivity index (χ0v) is 14.1. The summed E-state index contributed by atoms with van der Waals surface area (Å²) in [6, 6.07) is 17.7. The van der Waals surface area contributed by atoms with Crippen molar-refractivity contribution in [3.05, 3.63) is 77.7 Å². The summed E-state index contributed by atoms with van der Waals surface area (Å²) < 4.78 is 13.8. The van der Waals surface area contributed by atoms with E-state index < -0.39 is 0 Å². The van der Waals surface area contributed by atoms with E-state index in [2.05, 4.69) is 39.9 Å². The number of pyridine rings is 1. The van der Waals surface area contributed by atoms with E-state index in [0.29, 0.717) is 0 Å². The summed E-state index contributed by atoms with van der Waals surface area (Å²) >= 11 is 0. The molecule has 25 heavy (non-hydrogen) atoms. The summed E-state index contributed by atoms with van der Waals surface area (Å²) in [6.45, 7) is 2.81. The minimum atomic E-state index is -0.175. The molecule has 4 heteroatoms. The van der Waals surface area contributed by atoms with E-state index in [4.69, 9.17) is 0 Å². The van der Waals surface area contributed by atoms with Crippen LogP contribution in [0.15, 0.2) is 60.8 Å². The molecule has 0 amide bonds. The van der Waals surface area contributed by atoms with Gasteiger partial charge >= 0.3 is 0 Å². The first-order valence-electron chi connectivity index (χ1n) is 8.83. The highest BCUT2D eigenvalue weighted by atomic mass is 19.1. The normalized spacial score (nSPS) is 19.0. The fourth-order valence-electron chi connectivity index (χ4n) is 3.68. The van der Waals surface area contributed by atoms with Crippen LogP contribution in [-0.2, 0) is 6.42 Å². The van der Waals surface area contributed by atoms with Crippen LogP contribution in [0.3, 0.4) is 0 Å². The fourth-order valence-corrected chi connectivity index (χ4v) is 3.68. The Morgan fingerprint density at radius 2 is 2.04 bits per heavy atom. The van der Waals surface area contributed by atoms with Crippen molar-refractivity contribution in [2.75, 3.05) is 19.6 Å². The highest BCUT2D eigenvalue weighted by Crippen LogP contribution is 2.27. The SMILES string of the molecule is Fc1cccc(C(Cc2ccc3cccnc3c2)C2CNCCN2)c1. The number of halogens is 1. The molecule has 2 N–H and O–H groups in total. The van der Waals surface area contributed by atoms with E-state index in [0.717, 1.165) is 42.5 Å². The van der Waals surface area contributed by atoms with Crippen molar-refractivity contribution in [2.24, 2.45) is 0 Å². The van der Waals surface area contributed by atoms with Crippen LogP contribution in [0, 0.1) is 5.82 Å². The van der Waals surface area contributed by atoms with Gasteiger partial charge in [-0.25, -0.2) is 4.39 Å². The Hall–Kier alpha value is -2.30. The third-order valence-corrected chi connectivity index (χ3v) is 4.96. The molecule has 1 aliphatic heterocycles. The predicted octanol–water partition coefficient (Wildman–Crippen LogP) is 3.26. The molecule has 1 saturated heterocycles. The molecule has 2 aromatic carbocycles. The molecule has 2 atom stereocenters. The Labute approximate surface area is 147 Å². The Bertz CT molecular complexity index is 858. The van der Waals surface area contributed by atoms with E-state index >= 15 is 0 Å². The Morgan fingerprint density at radius 1 is 1.08 bits per heavy atom. The highest BCUT2D eigenvalue weighted by molar-refractivity contribution is 5.78. The number of rotatable bonds is 4. The van der Waals surface area contributed by atoms with Crippen molar-refractivity contribution in [3.8, 4) is 0 Å². The van der Waals surface area contributed by atoms with Gasteiger partial charge in [0.15, 0.2) is 0 Å². The Balaban J connectivity index is 1.66. The summed E-state index contributed by atoms with van der Waals surface area (Å²) in [5.74, 6) is 0.0381. The summed E-state index contributed by atoms with van der Waals surface area (Å²) in [5, 5.41) is 8.18.